The molecule has 0 bridgehead atoms. The van der Waals surface area contributed by atoms with Gasteiger partial charge < -0.3 is 9.47 Å². The SMILES string of the molecule is [2H]c1c([2H])c([2H])c(-c2ccc3c(c2)c2cc(N(c4ccc(C)cc4)c4ccc(C)cc4)ccc2n3-c2ccccc2C(C)(C)c2ccccc2)c([2H])c1[2H]. The zero-order valence-electron chi connectivity index (χ0n) is 33.2. The molecule has 1 heterocycles. The van der Waals surface area contributed by atoms with Gasteiger partial charge in [-0.05, 0) is 96.8 Å². The van der Waals surface area contributed by atoms with Crippen LogP contribution in [0.15, 0.2) is 170 Å². The van der Waals surface area contributed by atoms with Gasteiger partial charge >= 0.3 is 0 Å². The number of rotatable bonds is 7. The maximum atomic E-state index is 8.79. The first-order chi connectivity index (χ1) is 26.0. The number of nitrogens with zero attached hydrogens (tertiary/aromatic N) is 2. The summed E-state index contributed by atoms with van der Waals surface area (Å²) < 4.78 is 44.9. The van der Waals surface area contributed by atoms with Crippen LogP contribution in [-0.2, 0) is 5.41 Å². The van der Waals surface area contributed by atoms with Crippen LogP contribution in [0, 0.1) is 13.8 Å². The lowest BCUT2D eigenvalue weighted by Gasteiger charge is -2.29. The molecular formula is C47H40N2. The highest BCUT2D eigenvalue weighted by molar-refractivity contribution is 6.12. The largest absolute Gasteiger partial charge is 0.310 e. The molecule has 0 aliphatic carbocycles. The molecule has 2 nitrogen and oxygen atoms in total. The second-order valence-electron chi connectivity index (χ2n) is 13.3. The Morgan fingerprint density at radius 3 is 1.73 bits per heavy atom. The quantitative estimate of drug-likeness (QED) is 0.169. The van der Waals surface area contributed by atoms with Crippen LogP contribution in [0.25, 0.3) is 38.6 Å². The van der Waals surface area contributed by atoms with Crippen molar-refractivity contribution < 1.29 is 6.85 Å². The monoisotopic (exact) mass is 637 g/mol. The Bertz CT molecular complexity index is 2620. The lowest BCUT2D eigenvalue weighted by Crippen LogP contribution is -2.21. The second kappa shape index (κ2) is 12.3. The van der Waals surface area contributed by atoms with Crippen molar-refractivity contribution in [2.75, 3.05) is 4.90 Å². The molecule has 0 radical (unpaired) electrons. The van der Waals surface area contributed by atoms with Crippen LogP contribution in [-0.4, -0.2) is 4.57 Å². The summed E-state index contributed by atoms with van der Waals surface area (Å²) in [6, 6.07) is 47.0. The average molecular weight is 638 g/mol. The third-order valence-electron chi connectivity index (χ3n) is 9.69. The van der Waals surface area contributed by atoms with Crippen LogP contribution in [0.5, 0.6) is 0 Å². The Morgan fingerprint density at radius 2 is 1.08 bits per heavy atom. The molecule has 8 rings (SSSR count). The van der Waals surface area contributed by atoms with Gasteiger partial charge in [-0.1, -0.05) is 134 Å². The minimum Gasteiger partial charge on any atom is -0.310 e. The van der Waals surface area contributed by atoms with Crippen LogP contribution in [0.4, 0.5) is 17.1 Å². The van der Waals surface area contributed by atoms with E-state index in [0.29, 0.717) is 5.56 Å². The Hall–Kier alpha value is -5.86. The summed E-state index contributed by atoms with van der Waals surface area (Å²) in [5.41, 5.74) is 11.2. The van der Waals surface area contributed by atoms with E-state index in [1.165, 1.54) is 16.7 Å². The van der Waals surface area contributed by atoms with E-state index < -0.39 is 6.04 Å². The van der Waals surface area contributed by atoms with Gasteiger partial charge in [-0.2, -0.15) is 0 Å². The van der Waals surface area contributed by atoms with Crippen molar-refractivity contribution in [3.63, 3.8) is 0 Å². The number of aromatic nitrogens is 1. The Kier molecular flexibility index (Phi) is 6.33. The maximum Gasteiger partial charge on any atom is 0.0629 e. The van der Waals surface area contributed by atoms with Crippen molar-refractivity contribution in [3.8, 4) is 16.8 Å². The third-order valence-corrected chi connectivity index (χ3v) is 9.69. The van der Waals surface area contributed by atoms with Crippen molar-refractivity contribution in [2.24, 2.45) is 0 Å². The number of anilines is 3. The van der Waals surface area contributed by atoms with E-state index in [9.17, 15) is 0 Å². The average Bonchev–Trinajstić information content (AvgIpc) is 3.51. The Balaban J connectivity index is 1.44. The minimum atomic E-state index is -0.402. The normalized spacial score (nSPS) is 13.1. The molecule has 8 aromatic rings. The standard InChI is InChI=1S/C47H40N2/c1-33-19-24-38(25-20-33)48(39-26-21-34(2)22-27-39)40-28-30-45-42(32-40)41-31-36(35-13-7-5-8-14-35)23-29-44(41)49(45)46-18-12-11-17-43(46)47(3,4)37-15-9-6-10-16-37/h5-32H,1-4H3/i5D,7D,8D,13D,14D. The molecule has 0 saturated heterocycles. The smallest absolute Gasteiger partial charge is 0.0629 e. The van der Waals surface area contributed by atoms with Crippen molar-refractivity contribution in [1.29, 1.82) is 0 Å². The fourth-order valence-electron chi connectivity index (χ4n) is 7.00. The molecule has 1 aromatic heterocycles. The second-order valence-corrected chi connectivity index (χ2v) is 13.3. The predicted molar refractivity (Wildman–Crippen MR) is 209 cm³/mol. The third kappa shape index (κ3) is 5.50. The number of hydrogen-bond donors (Lipinski definition) is 0. The molecule has 0 aliphatic rings. The van der Waals surface area contributed by atoms with Crippen LogP contribution in [0.1, 0.15) is 43.0 Å². The number of benzene rings is 7. The first-order valence-corrected chi connectivity index (χ1v) is 16.7. The predicted octanol–water partition coefficient (Wildman–Crippen LogP) is 12.9. The molecule has 2 heteroatoms. The highest BCUT2D eigenvalue weighted by Gasteiger charge is 2.28. The van der Waals surface area contributed by atoms with Gasteiger partial charge in [-0.25, -0.2) is 0 Å². The molecule has 0 saturated carbocycles. The molecule has 0 fully saturated rings. The zero-order chi connectivity index (χ0) is 37.9. The van der Waals surface area contributed by atoms with E-state index in [2.05, 4.69) is 152 Å². The summed E-state index contributed by atoms with van der Waals surface area (Å²) in [7, 11) is 0. The van der Waals surface area contributed by atoms with E-state index in [0.717, 1.165) is 50.1 Å². The molecule has 0 amide bonds. The number of para-hydroxylation sites is 1. The summed E-state index contributed by atoms with van der Waals surface area (Å²) in [6.45, 7) is 8.69. The van der Waals surface area contributed by atoms with E-state index in [-0.39, 0.29) is 35.1 Å². The molecule has 49 heavy (non-hydrogen) atoms. The summed E-state index contributed by atoms with van der Waals surface area (Å²) in [5.74, 6) is 0. The van der Waals surface area contributed by atoms with Crippen molar-refractivity contribution in [2.45, 2.75) is 33.1 Å². The Morgan fingerprint density at radius 1 is 0.531 bits per heavy atom. The molecule has 7 aromatic carbocycles. The van der Waals surface area contributed by atoms with Gasteiger partial charge in [0.1, 0.15) is 0 Å². The number of hydrogen-bond acceptors (Lipinski definition) is 1. The van der Waals surface area contributed by atoms with Gasteiger partial charge in [0.05, 0.1) is 23.6 Å². The van der Waals surface area contributed by atoms with E-state index >= 15 is 0 Å². The van der Waals surface area contributed by atoms with Gasteiger partial charge in [-0.15, -0.1) is 0 Å². The number of aryl methyl sites for hydroxylation is 2. The summed E-state index contributed by atoms with van der Waals surface area (Å²) >= 11 is 0. The van der Waals surface area contributed by atoms with E-state index in [1.807, 2.05) is 24.3 Å². The lowest BCUT2D eigenvalue weighted by molar-refractivity contribution is 0.637. The molecular weight excluding hydrogens is 593 g/mol. The topological polar surface area (TPSA) is 8.17 Å². The van der Waals surface area contributed by atoms with E-state index in [1.54, 1.807) is 0 Å². The molecule has 0 atom stereocenters. The molecule has 0 unspecified atom stereocenters. The van der Waals surface area contributed by atoms with Crippen LogP contribution < -0.4 is 4.90 Å². The van der Waals surface area contributed by atoms with Gasteiger partial charge in [0, 0.05) is 33.2 Å². The fraction of sp³-hybridized carbons (Fsp3) is 0.106. The zero-order valence-corrected chi connectivity index (χ0v) is 28.2. The highest BCUT2D eigenvalue weighted by atomic mass is 15.1. The van der Waals surface area contributed by atoms with Crippen molar-refractivity contribution in [3.05, 3.63) is 192 Å². The van der Waals surface area contributed by atoms with Gasteiger partial charge in [0.2, 0.25) is 0 Å². The van der Waals surface area contributed by atoms with Crippen LogP contribution in [0.2, 0.25) is 0 Å². The highest BCUT2D eigenvalue weighted by Crippen LogP contribution is 2.43. The van der Waals surface area contributed by atoms with Crippen molar-refractivity contribution >= 4 is 38.9 Å². The van der Waals surface area contributed by atoms with Gasteiger partial charge in [0.25, 0.3) is 0 Å². The van der Waals surface area contributed by atoms with Gasteiger partial charge in [0.15, 0.2) is 0 Å². The number of fused-ring (bicyclic) bond motifs is 3. The lowest BCUT2D eigenvalue weighted by atomic mass is 9.77. The van der Waals surface area contributed by atoms with Gasteiger partial charge in [-0.3, -0.25) is 0 Å². The summed E-state index contributed by atoms with van der Waals surface area (Å²) in [6.07, 6.45) is 0. The summed E-state index contributed by atoms with van der Waals surface area (Å²) in [5, 5.41) is 1.89. The molecule has 0 aliphatic heterocycles. The van der Waals surface area contributed by atoms with E-state index in [4.69, 9.17) is 6.85 Å². The summed E-state index contributed by atoms with van der Waals surface area (Å²) in [4.78, 5) is 2.26. The minimum absolute atomic E-state index is 0.187. The molecule has 0 N–H and O–H groups in total. The maximum absolute atomic E-state index is 8.79. The Labute approximate surface area is 296 Å². The molecule has 238 valence electrons. The molecule has 0 spiro atoms. The fourth-order valence-corrected chi connectivity index (χ4v) is 7.00. The first kappa shape index (κ1) is 25.2. The first-order valence-electron chi connectivity index (χ1n) is 19.2. The van der Waals surface area contributed by atoms with Crippen LogP contribution in [0.3, 0.4) is 0 Å². The van der Waals surface area contributed by atoms with Crippen LogP contribution >= 0.6 is 0 Å². The van der Waals surface area contributed by atoms with Crippen molar-refractivity contribution in [1.82, 2.24) is 4.57 Å².